The summed E-state index contributed by atoms with van der Waals surface area (Å²) >= 11 is 7.37. The molecule has 1 aromatic carbocycles. The molecule has 32 heavy (non-hydrogen) atoms. The summed E-state index contributed by atoms with van der Waals surface area (Å²) in [5.74, 6) is -0.567. The maximum absolute atomic E-state index is 13.9. The van der Waals surface area contributed by atoms with E-state index in [4.69, 9.17) is 16.3 Å². The third-order valence-electron chi connectivity index (χ3n) is 5.09. The van der Waals surface area contributed by atoms with Gasteiger partial charge >= 0.3 is 5.69 Å². The van der Waals surface area contributed by atoms with E-state index in [0.29, 0.717) is 43.8 Å². The molecule has 0 atom stereocenters. The summed E-state index contributed by atoms with van der Waals surface area (Å²) in [7, 11) is 1.35. The number of halogens is 2. The first-order valence-corrected chi connectivity index (χ1v) is 10.7. The largest absolute Gasteiger partial charge is 0.494 e. The minimum Gasteiger partial charge on any atom is -0.494 e. The monoisotopic (exact) mass is 471 g/mol. The highest BCUT2D eigenvalue weighted by atomic mass is 35.5. The molecule has 4 heterocycles. The zero-order valence-corrected chi connectivity index (χ0v) is 18.4. The molecule has 0 spiro atoms. The van der Waals surface area contributed by atoms with E-state index in [1.54, 1.807) is 23.1 Å². The molecule has 5 rings (SSSR count). The summed E-state index contributed by atoms with van der Waals surface area (Å²) in [5, 5.41) is 5.34. The highest BCUT2D eigenvalue weighted by Gasteiger charge is 2.19. The van der Waals surface area contributed by atoms with Crippen LogP contribution >= 0.6 is 22.9 Å². The van der Waals surface area contributed by atoms with E-state index in [-0.39, 0.29) is 10.8 Å². The lowest BCUT2D eigenvalue weighted by Crippen LogP contribution is -2.33. The van der Waals surface area contributed by atoms with Gasteiger partial charge < -0.3 is 9.72 Å². The fraction of sp³-hybridized carbons (Fsp3) is 0.143. The van der Waals surface area contributed by atoms with Crippen LogP contribution in [0.25, 0.3) is 37.2 Å². The molecule has 0 fully saturated rings. The minimum absolute atomic E-state index is 0.0250. The van der Waals surface area contributed by atoms with Gasteiger partial charge in [-0.2, -0.15) is 5.10 Å². The van der Waals surface area contributed by atoms with Crippen LogP contribution in [0.5, 0.6) is 5.75 Å². The van der Waals surface area contributed by atoms with Gasteiger partial charge in [-0.15, -0.1) is 11.3 Å². The van der Waals surface area contributed by atoms with Crippen molar-refractivity contribution in [3.05, 3.63) is 68.5 Å². The van der Waals surface area contributed by atoms with Crippen molar-refractivity contribution in [1.29, 1.82) is 0 Å². The number of H-pyrrole nitrogens is 1. The number of aromatic amines is 1. The third kappa shape index (κ3) is 3.10. The van der Waals surface area contributed by atoms with E-state index in [1.807, 2.05) is 6.92 Å². The van der Waals surface area contributed by atoms with Crippen molar-refractivity contribution >= 4 is 44.1 Å². The standard InChI is InChI=1S/C21H15ClFN5O3S/c1-3-27-9-10-7-24-8-15(18(10)26-27)28-20(29)19-14(25-21(28)30)6-17(32-19)11-4-16(31-2)13(23)5-12(11)22/h4-9H,3H2,1-2H3,(H,25,30). The average Bonchev–Trinajstić information content (AvgIpc) is 3.38. The topological polar surface area (TPSA) is 94.8 Å². The van der Waals surface area contributed by atoms with Crippen LogP contribution in [-0.2, 0) is 6.54 Å². The van der Waals surface area contributed by atoms with Gasteiger partial charge in [0.1, 0.15) is 15.9 Å². The van der Waals surface area contributed by atoms with Crippen molar-refractivity contribution in [1.82, 2.24) is 24.3 Å². The van der Waals surface area contributed by atoms with Crippen LogP contribution < -0.4 is 16.0 Å². The first-order chi connectivity index (χ1) is 15.4. The van der Waals surface area contributed by atoms with Gasteiger partial charge in [0.2, 0.25) is 0 Å². The Bertz CT molecular complexity index is 1630. The van der Waals surface area contributed by atoms with Crippen molar-refractivity contribution in [2.75, 3.05) is 7.11 Å². The zero-order chi connectivity index (χ0) is 22.6. The first-order valence-electron chi connectivity index (χ1n) is 9.55. The Balaban J connectivity index is 1.75. The Morgan fingerprint density at radius 3 is 2.81 bits per heavy atom. The molecule has 4 aromatic heterocycles. The molecule has 0 aliphatic heterocycles. The van der Waals surface area contributed by atoms with E-state index in [0.717, 1.165) is 22.0 Å². The number of hydrogen-bond donors (Lipinski definition) is 1. The Kier molecular flexibility index (Phi) is 4.83. The fourth-order valence-corrected chi connectivity index (χ4v) is 4.92. The summed E-state index contributed by atoms with van der Waals surface area (Å²) in [5.41, 5.74) is 0.509. The van der Waals surface area contributed by atoms with Crippen LogP contribution in [-0.4, -0.2) is 31.4 Å². The van der Waals surface area contributed by atoms with E-state index >= 15 is 0 Å². The lowest BCUT2D eigenvalue weighted by molar-refractivity contribution is 0.387. The van der Waals surface area contributed by atoms with E-state index < -0.39 is 17.1 Å². The maximum Gasteiger partial charge on any atom is 0.333 e. The van der Waals surface area contributed by atoms with Crippen molar-refractivity contribution in [3.63, 3.8) is 0 Å². The number of nitrogens with one attached hydrogen (secondary N) is 1. The molecule has 0 amide bonds. The molecule has 8 nitrogen and oxygen atoms in total. The van der Waals surface area contributed by atoms with E-state index in [2.05, 4.69) is 15.1 Å². The number of aromatic nitrogens is 5. The molecule has 0 unspecified atom stereocenters. The Morgan fingerprint density at radius 1 is 1.25 bits per heavy atom. The highest BCUT2D eigenvalue weighted by Crippen LogP contribution is 2.38. The lowest BCUT2D eigenvalue weighted by Gasteiger charge is -2.06. The second-order valence-corrected chi connectivity index (χ2v) is 8.43. The normalized spacial score (nSPS) is 11.5. The first kappa shape index (κ1) is 20.4. The highest BCUT2D eigenvalue weighted by molar-refractivity contribution is 7.22. The minimum atomic E-state index is -0.616. The van der Waals surface area contributed by atoms with Gasteiger partial charge in [0.05, 0.1) is 23.8 Å². The van der Waals surface area contributed by atoms with Gasteiger partial charge in [-0.1, -0.05) is 11.6 Å². The zero-order valence-electron chi connectivity index (χ0n) is 16.8. The molecular weight excluding hydrogens is 457 g/mol. The molecule has 1 N–H and O–H groups in total. The molecular formula is C21H15ClFN5O3S. The number of rotatable bonds is 4. The molecule has 0 bridgehead atoms. The van der Waals surface area contributed by atoms with Gasteiger partial charge in [-0.25, -0.2) is 13.8 Å². The number of hydrogen-bond acceptors (Lipinski definition) is 6. The number of ether oxygens (including phenoxy) is 1. The van der Waals surface area contributed by atoms with Crippen LogP contribution in [0.3, 0.4) is 0 Å². The van der Waals surface area contributed by atoms with Crippen molar-refractivity contribution in [3.8, 4) is 21.9 Å². The average molecular weight is 472 g/mol. The number of pyridine rings is 1. The van der Waals surface area contributed by atoms with Gasteiger partial charge in [-0.3, -0.25) is 14.5 Å². The number of nitrogens with zero attached hydrogens (tertiary/aromatic N) is 4. The quantitative estimate of drug-likeness (QED) is 0.428. The van der Waals surface area contributed by atoms with Crippen LogP contribution in [0.15, 0.2) is 46.4 Å². The van der Waals surface area contributed by atoms with Crippen LogP contribution in [0.4, 0.5) is 4.39 Å². The second kappa shape index (κ2) is 7.57. The van der Waals surface area contributed by atoms with E-state index in [1.165, 1.54) is 19.4 Å². The summed E-state index contributed by atoms with van der Waals surface area (Å²) < 4.78 is 22.0. The summed E-state index contributed by atoms with van der Waals surface area (Å²) in [6.07, 6.45) is 4.87. The number of aryl methyl sites for hydroxylation is 1. The second-order valence-electron chi connectivity index (χ2n) is 6.97. The number of benzene rings is 1. The Labute approximate surface area is 188 Å². The van der Waals surface area contributed by atoms with Crippen molar-refractivity contribution in [2.24, 2.45) is 0 Å². The predicted octanol–water partition coefficient (Wildman–Crippen LogP) is 3.97. The predicted molar refractivity (Wildman–Crippen MR) is 122 cm³/mol. The van der Waals surface area contributed by atoms with Gasteiger partial charge in [-0.05, 0) is 25.1 Å². The molecule has 11 heteroatoms. The molecule has 5 aromatic rings. The molecule has 0 aliphatic rings. The number of thiophene rings is 1. The molecule has 0 saturated carbocycles. The van der Waals surface area contributed by atoms with Gasteiger partial charge in [0, 0.05) is 34.8 Å². The Hall–Kier alpha value is -3.50. The summed E-state index contributed by atoms with van der Waals surface area (Å²) in [4.78, 5) is 33.7. The van der Waals surface area contributed by atoms with Crippen LogP contribution in [0.2, 0.25) is 5.02 Å². The third-order valence-corrected chi connectivity index (χ3v) is 6.56. The summed E-state index contributed by atoms with van der Waals surface area (Å²) in [6, 6.07) is 4.25. The van der Waals surface area contributed by atoms with Gasteiger partial charge in [0.15, 0.2) is 11.6 Å². The van der Waals surface area contributed by atoms with Crippen molar-refractivity contribution in [2.45, 2.75) is 13.5 Å². The van der Waals surface area contributed by atoms with Crippen LogP contribution in [0.1, 0.15) is 6.92 Å². The van der Waals surface area contributed by atoms with Crippen LogP contribution in [0, 0.1) is 5.82 Å². The molecule has 162 valence electrons. The lowest BCUT2D eigenvalue weighted by atomic mass is 10.1. The smallest absolute Gasteiger partial charge is 0.333 e. The Morgan fingerprint density at radius 2 is 2.06 bits per heavy atom. The molecule has 0 aliphatic carbocycles. The summed E-state index contributed by atoms with van der Waals surface area (Å²) in [6.45, 7) is 2.57. The SMILES string of the molecule is CCn1cc2cncc(-n3c(=O)[nH]c4cc(-c5cc(OC)c(F)cc5Cl)sc4c3=O)c2n1. The number of methoxy groups -OCH3 is 1. The van der Waals surface area contributed by atoms with Crippen molar-refractivity contribution < 1.29 is 9.13 Å². The molecule has 0 saturated heterocycles. The van der Waals surface area contributed by atoms with E-state index in [9.17, 15) is 14.0 Å². The maximum atomic E-state index is 13.9. The fourth-order valence-electron chi connectivity index (χ4n) is 3.54. The van der Waals surface area contributed by atoms with Gasteiger partial charge in [0.25, 0.3) is 5.56 Å². The molecule has 0 radical (unpaired) electrons. The number of fused-ring (bicyclic) bond motifs is 2.